The maximum absolute atomic E-state index is 12.2. The van der Waals surface area contributed by atoms with E-state index >= 15 is 0 Å². The lowest BCUT2D eigenvalue weighted by Gasteiger charge is -2.34. The highest BCUT2D eigenvalue weighted by atomic mass is 16.6. The van der Waals surface area contributed by atoms with Gasteiger partial charge in [-0.3, -0.25) is 0 Å². The van der Waals surface area contributed by atoms with Crippen molar-refractivity contribution in [1.29, 1.82) is 0 Å². The Morgan fingerprint density at radius 3 is 2.48 bits per heavy atom. The molecule has 6 heteroatoms. The smallest absolute Gasteiger partial charge is 0.410 e. The lowest BCUT2D eigenvalue weighted by molar-refractivity contribution is 0.0139. The van der Waals surface area contributed by atoms with Gasteiger partial charge in [0, 0.05) is 19.0 Å². The Kier molecular flexibility index (Phi) is 6.28. The number of likely N-dealkylation sites (tertiary alicyclic amines) is 1. The lowest BCUT2D eigenvalue weighted by Crippen LogP contribution is -2.44. The molecule has 1 heterocycles. The third-order valence-corrected chi connectivity index (χ3v) is 3.93. The molecular weight excluding hydrogens is 322 g/mol. The molecule has 0 bridgehead atoms. The summed E-state index contributed by atoms with van der Waals surface area (Å²) in [4.78, 5) is 25.4. The van der Waals surface area contributed by atoms with Crippen molar-refractivity contribution in [2.75, 3.05) is 26.8 Å². The van der Waals surface area contributed by atoms with Gasteiger partial charge in [-0.15, -0.1) is 0 Å². The molecule has 1 saturated heterocycles. The highest BCUT2D eigenvalue weighted by Gasteiger charge is 2.27. The van der Waals surface area contributed by atoms with E-state index in [1.165, 1.54) is 7.11 Å². The van der Waals surface area contributed by atoms with E-state index in [9.17, 15) is 9.59 Å². The molecule has 0 radical (unpaired) electrons. The second-order valence-electron chi connectivity index (χ2n) is 7.26. The van der Waals surface area contributed by atoms with Gasteiger partial charge < -0.3 is 19.1 Å². The van der Waals surface area contributed by atoms with Crippen LogP contribution in [0.15, 0.2) is 24.3 Å². The summed E-state index contributed by atoms with van der Waals surface area (Å²) in [6.45, 7) is 7.49. The standard InChI is InChI=1S/C19H27NO5/c1-19(2,3)25-18(22)20-11-5-6-14(12-20)13-24-16-9-7-15(8-10-16)17(21)23-4/h7-10,14H,5-6,11-13H2,1-4H3. The van der Waals surface area contributed by atoms with Crippen molar-refractivity contribution < 1.29 is 23.8 Å². The summed E-state index contributed by atoms with van der Waals surface area (Å²) >= 11 is 0. The van der Waals surface area contributed by atoms with Crippen LogP contribution in [0.25, 0.3) is 0 Å². The lowest BCUT2D eigenvalue weighted by atomic mass is 9.99. The number of amides is 1. The first-order valence-electron chi connectivity index (χ1n) is 8.57. The van der Waals surface area contributed by atoms with E-state index in [2.05, 4.69) is 4.74 Å². The van der Waals surface area contributed by atoms with E-state index in [0.29, 0.717) is 24.5 Å². The number of carbonyl (C=O) groups excluding carboxylic acids is 2. The van der Waals surface area contributed by atoms with Gasteiger partial charge in [0.15, 0.2) is 0 Å². The quantitative estimate of drug-likeness (QED) is 0.779. The van der Waals surface area contributed by atoms with Crippen LogP contribution < -0.4 is 4.74 Å². The fraction of sp³-hybridized carbons (Fsp3) is 0.579. The molecule has 138 valence electrons. The van der Waals surface area contributed by atoms with Gasteiger partial charge in [-0.25, -0.2) is 9.59 Å². The van der Waals surface area contributed by atoms with E-state index in [4.69, 9.17) is 9.47 Å². The predicted octanol–water partition coefficient (Wildman–Crippen LogP) is 3.50. The minimum absolute atomic E-state index is 0.264. The van der Waals surface area contributed by atoms with E-state index in [-0.39, 0.29) is 18.0 Å². The van der Waals surface area contributed by atoms with Crippen molar-refractivity contribution in [3.8, 4) is 5.75 Å². The van der Waals surface area contributed by atoms with E-state index in [1.807, 2.05) is 20.8 Å². The molecule has 1 aromatic carbocycles. The van der Waals surface area contributed by atoms with Gasteiger partial charge in [0.25, 0.3) is 0 Å². The number of hydrogen-bond acceptors (Lipinski definition) is 5. The first kappa shape index (κ1) is 19.1. The fourth-order valence-electron chi connectivity index (χ4n) is 2.71. The zero-order valence-electron chi connectivity index (χ0n) is 15.4. The molecule has 1 unspecified atom stereocenters. The van der Waals surface area contributed by atoms with Gasteiger partial charge in [0.05, 0.1) is 19.3 Å². The first-order chi connectivity index (χ1) is 11.8. The number of benzene rings is 1. The van der Waals surface area contributed by atoms with Crippen LogP contribution in [-0.2, 0) is 9.47 Å². The Bertz CT molecular complexity index is 591. The van der Waals surface area contributed by atoms with E-state index in [1.54, 1.807) is 29.2 Å². The van der Waals surface area contributed by atoms with Crippen LogP contribution in [0, 0.1) is 5.92 Å². The van der Waals surface area contributed by atoms with Crippen LogP contribution >= 0.6 is 0 Å². The third-order valence-electron chi connectivity index (χ3n) is 3.93. The van der Waals surface area contributed by atoms with Crippen LogP contribution in [0.2, 0.25) is 0 Å². The SMILES string of the molecule is COC(=O)c1ccc(OCC2CCCN(C(=O)OC(C)(C)C)C2)cc1. The monoisotopic (exact) mass is 349 g/mol. The second-order valence-corrected chi connectivity index (χ2v) is 7.26. The van der Waals surface area contributed by atoms with Crippen LogP contribution in [-0.4, -0.2) is 49.4 Å². The zero-order valence-corrected chi connectivity index (χ0v) is 15.4. The number of piperidine rings is 1. The number of hydrogen-bond donors (Lipinski definition) is 0. The number of esters is 1. The van der Waals surface area contributed by atoms with Crippen LogP contribution in [0.3, 0.4) is 0 Å². The predicted molar refractivity (Wildman–Crippen MR) is 93.8 cm³/mol. The molecule has 0 N–H and O–H groups in total. The summed E-state index contributed by atoms with van der Waals surface area (Å²) in [5, 5.41) is 0. The Labute approximate surface area is 149 Å². The minimum Gasteiger partial charge on any atom is -0.493 e. The summed E-state index contributed by atoms with van der Waals surface area (Å²) < 4.78 is 15.9. The molecule has 1 atom stereocenters. The Hall–Kier alpha value is -2.24. The molecule has 2 rings (SSSR count). The molecular formula is C19H27NO5. The summed E-state index contributed by atoms with van der Waals surface area (Å²) in [6, 6.07) is 6.85. The maximum Gasteiger partial charge on any atom is 0.410 e. The largest absolute Gasteiger partial charge is 0.493 e. The molecule has 1 amide bonds. The Balaban J connectivity index is 1.84. The molecule has 0 aliphatic carbocycles. The maximum atomic E-state index is 12.2. The average molecular weight is 349 g/mol. The van der Waals surface area contributed by atoms with Crippen molar-refractivity contribution in [3.05, 3.63) is 29.8 Å². The van der Waals surface area contributed by atoms with E-state index in [0.717, 1.165) is 19.4 Å². The van der Waals surface area contributed by atoms with Crippen molar-refractivity contribution >= 4 is 12.1 Å². The molecule has 1 aliphatic heterocycles. The van der Waals surface area contributed by atoms with E-state index < -0.39 is 5.60 Å². The molecule has 25 heavy (non-hydrogen) atoms. The molecule has 0 saturated carbocycles. The summed E-state index contributed by atoms with van der Waals surface area (Å²) in [5.74, 6) is 0.593. The Morgan fingerprint density at radius 2 is 1.88 bits per heavy atom. The molecule has 6 nitrogen and oxygen atoms in total. The van der Waals surface area contributed by atoms with Crippen molar-refractivity contribution in [3.63, 3.8) is 0 Å². The topological polar surface area (TPSA) is 65.1 Å². The molecule has 1 aliphatic rings. The van der Waals surface area contributed by atoms with Gasteiger partial charge in [-0.05, 0) is 57.9 Å². The summed E-state index contributed by atoms with van der Waals surface area (Å²) in [7, 11) is 1.35. The van der Waals surface area contributed by atoms with Crippen LogP contribution in [0.1, 0.15) is 44.0 Å². The highest BCUT2D eigenvalue weighted by Crippen LogP contribution is 2.21. The van der Waals surface area contributed by atoms with Crippen molar-refractivity contribution in [1.82, 2.24) is 4.90 Å². The van der Waals surface area contributed by atoms with Crippen LogP contribution in [0.5, 0.6) is 5.75 Å². The number of carbonyl (C=O) groups is 2. The third kappa shape index (κ3) is 5.96. The molecule has 1 fully saturated rings. The molecule has 1 aromatic rings. The fourth-order valence-corrected chi connectivity index (χ4v) is 2.71. The van der Waals surface area contributed by atoms with Crippen molar-refractivity contribution in [2.45, 2.75) is 39.2 Å². The minimum atomic E-state index is -0.484. The van der Waals surface area contributed by atoms with Crippen molar-refractivity contribution in [2.24, 2.45) is 5.92 Å². The molecule has 0 aromatic heterocycles. The van der Waals surface area contributed by atoms with Gasteiger partial charge in [-0.1, -0.05) is 0 Å². The summed E-state index contributed by atoms with van der Waals surface area (Å²) in [6.07, 6.45) is 1.69. The number of ether oxygens (including phenoxy) is 3. The Morgan fingerprint density at radius 1 is 1.20 bits per heavy atom. The van der Waals surface area contributed by atoms with Gasteiger partial charge in [-0.2, -0.15) is 0 Å². The van der Waals surface area contributed by atoms with Gasteiger partial charge >= 0.3 is 12.1 Å². The number of methoxy groups -OCH3 is 1. The highest BCUT2D eigenvalue weighted by molar-refractivity contribution is 5.89. The number of rotatable bonds is 4. The number of nitrogens with zero attached hydrogens (tertiary/aromatic N) is 1. The zero-order chi connectivity index (χ0) is 18.4. The normalized spacial score (nSPS) is 17.8. The summed E-state index contributed by atoms with van der Waals surface area (Å²) in [5.41, 5.74) is 0.00525. The van der Waals surface area contributed by atoms with Gasteiger partial charge in [0.2, 0.25) is 0 Å². The van der Waals surface area contributed by atoms with Gasteiger partial charge in [0.1, 0.15) is 11.4 Å². The average Bonchev–Trinajstić information content (AvgIpc) is 2.58. The van der Waals surface area contributed by atoms with Crippen LogP contribution in [0.4, 0.5) is 4.79 Å². The first-order valence-corrected chi connectivity index (χ1v) is 8.57. The second kappa shape index (κ2) is 8.23. The molecule has 0 spiro atoms.